The second-order valence-corrected chi connectivity index (χ2v) is 6.14. The molecule has 0 saturated carbocycles. The number of methoxy groups -OCH3 is 2. The van der Waals surface area contributed by atoms with Gasteiger partial charge in [0.15, 0.2) is 11.5 Å². The Morgan fingerprint density at radius 3 is 2.56 bits per heavy atom. The first-order valence-corrected chi connectivity index (χ1v) is 8.24. The number of likely N-dealkylation sites (tertiary alicyclic amines) is 1. The van der Waals surface area contributed by atoms with Crippen molar-refractivity contribution in [1.29, 1.82) is 0 Å². The molecule has 0 N–H and O–H groups in total. The summed E-state index contributed by atoms with van der Waals surface area (Å²) >= 11 is 0. The van der Waals surface area contributed by atoms with Crippen molar-refractivity contribution >= 4 is 5.91 Å². The van der Waals surface area contributed by atoms with E-state index in [1.54, 1.807) is 33.5 Å². The second kappa shape index (κ2) is 7.01. The highest BCUT2D eigenvalue weighted by Gasteiger charge is 2.31. The number of hydrogen-bond acceptors (Lipinski definition) is 4. The van der Waals surface area contributed by atoms with E-state index in [0.29, 0.717) is 23.6 Å². The highest BCUT2D eigenvalue weighted by molar-refractivity contribution is 5.94. The van der Waals surface area contributed by atoms with Crippen molar-refractivity contribution in [3.8, 4) is 11.5 Å². The Kier molecular flexibility index (Phi) is 4.79. The number of ether oxygens (including phenoxy) is 2. The minimum Gasteiger partial charge on any atom is -0.493 e. The molecule has 1 aliphatic rings. The molecule has 132 valence electrons. The fourth-order valence-corrected chi connectivity index (χ4v) is 3.30. The molecule has 2 heterocycles. The number of amides is 1. The molecule has 0 radical (unpaired) electrons. The molecule has 0 bridgehead atoms. The molecule has 1 aromatic carbocycles. The molecular weight excluding hydrogens is 320 g/mol. The smallest absolute Gasteiger partial charge is 0.255 e. The van der Waals surface area contributed by atoms with Gasteiger partial charge in [-0.15, -0.1) is 0 Å². The first kappa shape index (κ1) is 17.1. The van der Waals surface area contributed by atoms with Gasteiger partial charge in [0, 0.05) is 25.9 Å². The SMILES string of the molecule is COc1ccc([C@H]2CCCN2C(=O)c2ccc(=O)n(C)c2)cc1OC. The van der Waals surface area contributed by atoms with Crippen molar-refractivity contribution < 1.29 is 14.3 Å². The zero-order chi connectivity index (χ0) is 18.0. The van der Waals surface area contributed by atoms with E-state index in [2.05, 4.69) is 0 Å². The Hall–Kier alpha value is -2.76. The minimum atomic E-state index is -0.130. The third kappa shape index (κ3) is 3.24. The van der Waals surface area contributed by atoms with Gasteiger partial charge >= 0.3 is 0 Å². The van der Waals surface area contributed by atoms with Crippen LogP contribution in [0.5, 0.6) is 11.5 Å². The number of carbonyl (C=O) groups is 1. The number of hydrogen-bond donors (Lipinski definition) is 0. The third-order valence-electron chi connectivity index (χ3n) is 4.64. The third-order valence-corrected chi connectivity index (χ3v) is 4.64. The maximum atomic E-state index is 12.9. The van der Waals surface area contributed by atoms with E-state index < -0.39 is 0 Å². The number of aromatic nitrogens is 1. The van der Waals surface area contributed by atoms with E-state index in [1.165, 1.54) is 10.6 Å². The van der Waals surface area contributed by atoms with E-state index in [-0.39, 0.29) is 17.5 Å². The Bertz CT molecular complexity index is 844. The van der Waals surface area contributed by atoms with E-state index >= 15 is 0 Å². The first-order valence-electron chi connectivity index (χ1n) is 8.24. The van der Waals surface area contributed by atoms with Gasteiger partial charge in [-0.2, -0.15) is 0 Å². The summed E-state index contributed by atoms with van der Waals surface area (Å²) in [5, 5.41) is 0. The van der Waals surface area contributed by atoms with E-state index in [9.17, 15) is 9.59 Å². The molecule has 1 aliphatic heterocycles. The molecule has 0 spiro atoms. The Morgan fingerprint density at radius 2 is 1.88 bits per heavy atom. The van der Waals surface area contributed by atoms with Gasteiger partial charge in [0.1, 0.15) is 0 Å². The van der Waals surface area contributed by atoms with Crippen molar-refractivity contribution in [2.75, 3.05) is 20.8 Å². The summed E-state index contributed by atoms with van der Waals surface area (Å²) in [6, 6.07) is 8.77. The lowest BCUT2D eigenvalue weighted by molar-refractivity contribution is 0.0734. The van der Waals surface area contributed by atoms with Gasteiger partial charge in [0.2, 0.25) is 5.56 Å². The van der Waals surface area contributed by atoms with Gasteiger partial charge < -0.3 is 18.9 Å². The zero-order valence-corrected chi connectivity index (χ0v) is 14.7. The van der Waals surface area contributed by atoms with Gasteiger partial charge in [-0.1, -0.05) is 6.07 Å². The monoisotopic (exact) mass is 342 g/mol. The summed E-state index contributed by atoms with van der Waals surface area (Å²) in [6.07, 6.45) is 3.43. The van der Waals surface area contributed by atoms with Crippen LogP contribution >= 0.6 is 0 Å². The average molecular weight is 342 g/mol. The largest absolute Gasteiger partial charge is 0.493 e. The number of rotatable bonds is 4. The highest BCUT2D eigenvalue weighted by Crippen LogP contribution is 2.37. The second-order valence-electron chi connectivity index (χ2n) is 6.14. The van der Waals surface area contributed by atoms with Crippen molar-refractivity contribution in [3.05, 3.63) is 58.0 Å². The predicted molar refractivity (Wildman–Crippen MR) is 94.2 cm³/mol. The molecule has 0 aliphatic carbocycles. The Morgan fingerprint density at radius 1 is 1.12 bits per heavy atom. The zero-order valence-electron chi connectivity index (χ0n) is 14.7. The van der Waals surface area contributed by atoms with Crippen LogP contribution in [0, 0.1) is 0 Å². The van der Waals surface area contributed by atoms with Crippen LogP contribution < -0.4 is 15.0 Å². The average Bonchev–Trinajstić information content (AvgIpc) is 3.12. The van der Waals surface area contributed by atoms with E-state index in [4.69, 9.17) is 9.47 Å². The van der Waals surface area contributed by atoms with Crippen molar-refractivity contribution in [2.24, 2.45) is 7.05 Å². The molecule has 25 heavy (non-hydrogen) atoms. The number of aryl methyl sites for hydroxylation is 1. The number of benzene rings is 1. The molecule has 0 unspecified atom stereocenters. The van der Waals surface area contributed by atoms with Crippen LogP contribution in [0.15, 0.2) is 41.3 Å². The number of carbonyl (C=O) groups excluding carboxylic acids is 1. The van der Waals surface area contributed by atoms with Crippen LogP contribution in [-0.4, -0.2) is 36.1 Å². The topological polar surface area (TPSA) is 60.8 Å². The number of nitrogens with zero attached hydrogens (tertiary/aromatic N) is 2. The molecule has 3 rings (SSSR count). The maximum Gasteiger partial charge on any atom is 0.255 e. The minimum absolute atomic E-state index is 0.00968. The summed E-state index contributed by atoms with van der Waals surface area (Å²) in [5.74, 6) is 1.26. The van der Waals surface area contributed by atoms with Gasteiger partial charge in [-0.3, -0.25) is 9.59 Å². The molecule has 1 saturated heterocycles. The molecule has 1 aromatic heterocycles. The fourth-order valence-electron chi connectivity index (χ4n) is 3.30. The van der Waals surface area contributed by atoms with Crippen LogP contribution in [0.3, 0.4) is 0 Å². The fraction of sp³-hybridized carbons (Fsp3) is 0.368. The highest BCUT2D eigenvalue weighted by atomic mass is 16.5. The van der Waals surface area contributed by atoms with Gasteiger partial charge in [-0.05, 0) is 36.6 Å². The lowest BCUT2D eigenvalue weighted by Gasteiger charge is -2.26. The molecule has 1 fully saturated rings. The molecular formula is C19H22N2O4. The van der Waals surface area contributed by atoms with Crippen LogP contribution in [0.1, 0.15) is 34.8 Å². The Balaban J connectivity index is 1.91. The van der Waals surface area contributed by atoms with E-state index in [1.807, 2.05) is 23.1 Å². The van der Waals surface area contributed by atoms with Crippen molar-refractivity contribution in [2.45, 2.75) is 18.9 Å². The normalized spacial score (nSPS) is 16.8. The lowest BCUT2D eigenvalue weighted by Crippen LogP contribution is -2.31. The quantitative estimate of drug-likeness (QED) is 0.856. The summed E-state index contributed by atoms with van der Waals surface area (Å²) in [4.78, 5) is 26.3. The summed E-state index contributed by atoms with van der Waals surface area (Å²) in [5.41, 5.74) is 1.41. The van der Waals surface area contributed by atoms with Gasteiger partial charge in [0.25, 0.3) is 5.91 Å². The summed E-state index contributed by atoms with van der Waals surface area (Å²) < 4.78 is 12.1. The van der Waals surface area contributed by atoms with Gasteiger partial charge in [-0.25, -0.2) is 0 Å². The van der Waals surface area contributed by atoms with Crippen molar-refractivity contribution in [1.82, 2.24) is 9.47 Å². The summed E-state index contributed by atoms with van der Waals surface area (Å²) in [6.45, 7) is 0.695. The standard InChI is InChI=1S/C19H22N2O4/c1-20-12-14(7-9-18(20)22)19(23)21-10-4-5-15(21)13-6-8-16(24-2)17(11-13)25-3/h6-9,11-12,15H,4-5,10H2,1-3H3/t15-/m1/s1. The molecule has 1 atom stereocenters. The molecule has 6 nitrogen and oxygen atoms in total. The molecule has 1 amide bonds. The van der Waals surface area contributed by atoms with Crippen molar-refractivity contribution in [3.63, 3.8) is 0 Å². The van der Waals surface area contributed by atoms with Crippen LogP contribution in [0.4, 0.5) is 0 Å². The summed E-state index contributed by atoms with van der Waals surface area (Å²) in [7, 11) is 4.85. The Labute approximate surface area is 146 Å². The lowest BCUT2D eigenvalue weighted by atomic mass is 10.0. The molecule has 2 aromatic rings. The predicted octanol–water partition coefficient (Wildman–Crippen LogP) is 2.38. The van der Waals surface area contributed by atoms with Gasteiger partial charge in [0.05, 0.1) is 25.8 Å². The van der Waals surface area contributed by atoms with Crippen LogP contribution in [0.25, 0.3) is 0 Å². The molecule has 6 heteroatoms. The van der Waals surface area contributed by atoms with E-state index in [0.717, 1.165) is 18.4 Å². The maximum absolute atomic E-state index is 12.9. The number of pyridine rings is 1. The van der Waals surface area contributed by atoms with Crippen LogP contribution in [0.2, 0.25) is 0 Å². The first-order chi connectivity index (χ1) is 12.0. The van der Waals surface area contributed by atoms with Crippen LogP contribution in [-0.2, 0) is 7.05 Å².